The predicted molar refractivity (Wildman–Crippen MR) is 88.9 cm³/mol. The minimum absolute atomic E-state index is 0.0188. The molecule has 0 heterocycles. The smallest absolute Gasteiger partial charge is 0.255 e. The number of ether oxygens (including phenoxy) is 1. The van der Waals surface area contributed by atoms with E-state index in [9.17, 15) is 4.79 Å². The molecule has 0 aromatic heterocycles. The molecule has 0 aliphatic heterocycles. The lowest BCUT2D eigenvalue weighted by Gasteiger charge is -2.23. The van der Waals surface area contributed by atoms with Crippen molar-refractivity contribution in [3.05, 3.63) is 28.2 Å². The number of carbonyl (C=O) groups is 1. The summed E-state index contributed by atoms with van der Waals surface area (Å²) in [6.45, 7) is 2.78. The summed E-state index contributed by atoms with van der Waals surface area (Å²) in [7, 11) is 0. The number of hydrogen-bond donors (Lipinski definition) is 1. The van der Waals surface area contributed by atoms with E-state index >= 15 is 0 Å². The molecule has 0 saturated heterocycles. The Balaban J connectivity index is 2.04. The largest absolute Gasteiger partial charge is 0.493 e. The molecule has 1 aliphatic carbocycles. The number of hydrogen-bond acceptors (Lipinski definition) is 2. The summed E-state index contributed by atoms with van der Waals surface area (Å²) >= 11 is 3.44. The highest BCUT2D eigenvalue weighted by atomic mass is 79.9. The average Bonchev–Trinajstić information content (AvgIpc) is 2.50. The Kier molecular flexibility index (Phi) is 6.55. The zero-order valence-corrected chi connectivity index (χ0v) is 14.2. The summed E-state index contributed by atoms with van der Waals surface area (Å²) in [6, 6.07) is 5.95. The van der Waals surface area contributed by atoms with Crippen molar-refractivity contribution < 1.29 is 9.53 Å². The minimum atomic E-state index is -0.0188. The van der Waals surface area contributed by atoms with Crippen molar-refractivity contribution in [1.82, 2.24) is 5.32 Å². The van der Waals surface area contributed by atoms with E-state index in [2.05, 4.69) is 28.2 Å². The first-order valence-corrected chi connectivity index (χ1v) is 8.73. The van der Waals surface area contributed by atoms with Gasteiger partial charge < -0.3 is 10.1 Å². The van der Waals surface area contributed by atoms with Crippen LogP contribution in [0, 0.1) is 0 Å². The minimum Gasteiger partial charge on any atom is -0.493 e. The van der Waals surface area contributed by atoms with Crippen molar-refractivity contribution in [3.63, 3.8) is 0 Å². The van der Waals surface area contributed by atoms with Crippen LogP contribution < -0.4 is 10.1 Å². The molecular formula is C17H24BrNO2. The Morgan fingerprint density at radius 3 is 2.81 bits per heavy atom. The molecule has 0 spiro atoms. The van der Waals surface area contributed by atoms with E-state index in [1.807, 2.05) is 18.2 Å². The molecular weight excluding hydrogens is 330 g/mol. The van der Waals surface area contributed by atoms with Crippen molar-refractivity contribution in [3.8, 4) is 5.75 Å². The molecule has 1 N–H and O–H groups in total. The summed E-state index contributed by atoms with van der Waals surface area (Å²) < 4.78 is 6.66. The lowest BCUT2D eigenvalue weighted by atomic mass is 9.95. The molecule has 21 heavy (non-hydrogen) atoms. The quantitative estimate of drug-likeness (QED) is 0.753. The van der Waals surface area contributed by atoms with Gasteiger partial charge >= 0.3 is 0 Å². The lowest BCUT2D eigenvalue weighted by Crippen LogP contribution is -2.36. The zero-order chi connectivity index (χ0) is 15.1. The number of halogens is 1. The van der Waals surface area contributed by atoms with Gasteiger partial charge in [-0.1, -0.05) is 48.5 Å². The van der Waals surface area contributed by atoms with Gasteiger partial charge in [-0.3, -0.25) is 4.79 Å². The summed E-state index contributed by atoms with van der Waals surface area (Å²) in [4.78, 5) is 12.5. The Morgan fingerprint density at radius 2 is 2.10 bits per heavy atom. The predicted octanol–water partition coefficient (Wildman–Crippen LogP) is 4.69. The highest BCUT2D eigenvalue weighted by Crippen LogP contribution is 2.25. The first-order valence-electron chi connectivity index (χ1n) is 7.94. The molecule has 1 aliphatic rings. The lowest BCUT2D eigenvalue weighted by molar-refractivity contribution is 0.0923. The van der Waals surface area contributed by atoms with Crippen molar-refractivity contribution in [2.24, 2.45) is 0 Å². The summed E-state index contributed by atoms with van der Waals surface area (Å²) in [5.41, 5.74) is 0.631. The monoisotopic (exact) mass is 353 g/mol. The van der Waals surface area contributed by atoms with Crippen molar-refractivity contribution in [1.29, 1.82) is 0 Å². The van der Waals surface area contributed by atoms with Gasteiger partial charge in [0, 0.05) is 10.5 Å². The van der Waals surface area contributed by atoms with Crippen molar-refractivity contribution >= 4 is 21.8 Å². The number of carbonyl (C=O) groups excluding carboxylic acids is 1. The second-order valence-corrected chi connectivity index (χ2v) is 6.57. The normalized spacial score (nSPS) is 15.7. The molecule has 4 heteroatoms. The molecule has 2 rings (SSSR count). The molecule has 0 unspecified atom stereocenters. The van der Waals surface area contributed by atoms with Crippen LogP contribution in [-0.4, -0.2) is 18.6 Å². The van der Waals surface area contributed by atoms with Crippen LogP contribution in [0.4, 0.5) is 0 Å². The van der Waals surface area contributed by atoms with Crippen LogP contribution in [0.25, 0.3) is 0 Å². The fourth-order valence-corrected chi connectivity index (χ4v) is 3.00. The molecule has 0 bridgehead atoms. The van der Waals surface area contributed by atoms with Crippen LogP contribution in [0.2, 0.25) is 0 Å². The third-order valence-corrected chi connectivity index (χ3v) is 4.38. The molecule has 0 radical (unpaired) electrons. The van der Waals surface area contributed by atoms with Crippen LogP contribution >= 0.6 is 15.9 Å². The highest BCUT2D eigenvalue weighted by Gasteiger charge is 2.19. The van der Waals surface area contributed by atoms with Crippen LogP contribution in [0.15, 0.2) is 22.7 Å². The molecule has 1 amide bonds. The van der Waals surface area contributed by atoms with E-state index in [-0.39, 0.29) is 5.91 Å². The SMILES string of the molecule is CCCCOc1ccc(Br)cc1C(=O)NC1CCCCC1. The summed E-state index contributed by atoms with van der Waals surface area (Å²) in [6.07, 6.45) is 7.97. The van der Waals surface area contributed by atoms with Crippen LogP contribution in [0.3, 0.4) is 0 Å². The number of benzene rings is 1. The van der Waals surface area contributed by atoms with Crippen molar-refractivity contribution in [2.75, 3.05) is 6.61 Å². The number of unbranched alkanes of at least 4 members (excludes halogenated alkanes) is 1. The van der Waals surface area contributed by atoms with Gasteiger partial charge in [0.05, 0.1) is 12.2 Å². The van der Waals surface area contributed by atoms with Gasteiger partial charge in [-0.05, 0) is 37.5 Å². The summed E-state index contributed by atoms with van der Waals surface area (Å²) in [5.74, 6) is 0.662. The maximum atomic E-state index is 12.5. The van der Waals surface area contributed by atoms with E-state index in [1.165, 1.54) is 19.3 Å². The maximum absolute atomic E-state index is 12.5. The van der Waals surface area contributed by atoms with Gasteiger partial charge in [0.1, 0.15) is 5.75 Å². The average molecular weight is 354 g/mol. The van der Waals surface area contributed by atoms with E-state index < -0.39 is 0 Å². The number of amides is 1. The second-order valence-electron chi connectivity index (χ2n) is 5.65. The summed E-state index contributed by atoms with van der Waals surface area (Å²) in [5, 5.41) is 3.15. The number of rotatable bonds is 6. The highest BCUT2D eigenvalue weighted by molar-refractivity contribution is 9.10. The fraction of sp³-hybridized carbons (Fsp3) is 0.588. The van der Waals surface area contributed by atoms with Crippen LogP contribution in [0.5, 0.6) is 5.75 Å². The van der Waals surface area contributed by atoms with Gasteiger partial charge in [-0.25, -0.2) is 0 Å². The van der Waals surface area contributed by atoms with Gasteiger partial charge in [-0.2, -0.15) is 0 Å². The van der Waals surface area contributed by atoms with Crippen LogP contribution in [-0.2, 0) is 0 Å². The molecule has 1 aromatic carbocycles. The van der Waals surface area contributed by atoms with E-state index in [4.69, 9.17) is 4.74 Å². The molecule has 116 valence electrons. The molecule has 1 fully saturated rings. The molecule has 1 saturated carbocycles. The Hall–Kier alpha value is -1.03. The van der Waals surface area contributed by atoms with E-state index in [0.717, 1.165) is 30.2 Å². The van der Waals surface area contributed by atoms with Gasteiger partial charge in [0.2, 0.25) is 0 Å². The van der Waals surface area contributed by atoms with Crippen molar-refractivity contribution in [2.45, 2.75) is 57.9 Å². The Labute approximate surface area is 135 Å². The second kappa shape index (κ2) is 8.42. The Morgan fingerprint density at radius 1 is 1.33 bits per heavy atom. The zero-order valence-electron chi connectivity index (χ0n) is 12.7. The van der Waals surface area contributed by atoms with E-state index in [1.54, 1.807) is 0 Å². The van der Waals surface area contributed by atoms with Gasteiger partial charge in [0.15, 0.2) is 0 Å². The van der Waals surface area contributed by atoms with Gasteiger partial charge in [-0.15, -0.1) is 0 Å². The fourth-order valence-electron chi connectivity index (χ4n) is 2.64. The topological polar surface area (TPSA) is 38.3 Å². The van der Waals surface area contributed by atoms with Gasteiger partial charge in [0.25, 0.3) is 5.91 Å². The third kappa shape index (κ3) is 5.03. The Bertz CT molecular complexity index is 470. The maximum Gasteiger partial charge on any atom is 0.255 e. The van der Waals surface area contributed by atoms with E-state index in [0.29, 0.717) is 24.0 Å². The van der Waals surface area contributed by atoms with Crippen LogP contribution in [0.1, 0.15) is 62.2 Å². The molecule has 3 nitrogen and oxygen atoms in total. The molecule has 1 aromatic rings. The number of nitrogens with one attached hydrogen (secondary N) is 1. The first-order chi connectivity index (χ1) is 10.2. The standard InChI is InChI=1S/C17H24BrNO2/c1-2-3-11-21-16-10-9-13(18)12-15(16)17(20)19-14-7-5-4-6-8-14/h9-10,12,14H,2-8,11H2,1H3,(H,19,20). The molecule has 0 atom stereocenters. The third-order valence-electron chi connectivity index (χ3n) is 3.88. The first kappa shape index (κ1) is 16.3.